The molecule has 0 radical (unpaired) electrons. The van der Waals surface area contributed by atoms with E-state index in [4.69, 9.17) is 0 Å². The Balaban J connectivity index is 1.88. The second-order valence-corrected chi connectivity index (χ2v) is 5.03. The molecule has 0 spiro atoms. The SMILES string of the molecule is CCCn1c(C)cnc1CCNC(=O)c1ccn(CC)n1. The van der Waals surface area contributed by atoms with Crippen LogP contribution in [0, 0.1) is 6.92 Å². The second-order valence-electron chi connectivity index (χ2n) is 5.03. The molecule has 0 saturated carbocycles. The van der Waals surface area contributed by atoms with Gasteiger partial charge < -0.3 is 9.88 Å². The molecule has 0 fully saturated rings. The van der Waals surface area contributed by atoms with Gasteiger partial charge in [-0.25, -0.2) is 4.98 Å². The van der Waals surface area contributed by atoms with Crippen molar-refractivity contribution < 1.29 is 4.79 Å². The predicted molar refractivity (Wildman–Crippen MR) is 81.2 cm³/mol. The fourth-order valence-corrected chi connectivity index (χ4v) is 2.28. The maximum Gasteiger partial charge on any atom is 0.271 e. The van der Waals surface area contributed by atoms with E-state index in [1.165, 1.54) is 5.69 Å². The Bertz CT molecular complexity index is 599. The Labute approximate surface area is 125 Å². The molecular formula is C15H23N5O. The molecule has 6 nitrogen and oxygen atoms in total. The summed E-state index contributed by atoms with van der Waals surface area (Å²) in [5.74, 6) is 0.890. The number of carbonyl (C=O) groups is 1. The molecular weight excluding hydrogens is 266 g/mol. The van der Waals surface area contributed by atoms with Crippen molar-refractivity contribution in [1.82, 2.24) is 24.6 Å². The zero-order chi connectivity index (χ0) is 15.2. The van der Waals surface area contributed by atoms with Crippen LogP contribution in [0.25, 0.3) is 0 Å². The average molecular weight is 289 g/mol. The molecule has 0 bridgehead atoms. The Kier molecular flexibility index (Phi) is 5.14. The highest BCUT2D eigenvalue weighted by atomic mass is 16.1. The van der Waals surface area contributed by atoms with E-state index in [1.54, 1.807) is 10.7 Å². The molecule has 0 saturated heterocycles. The molecule has 2 aromatic heterocycles. The first-order chi connectivity index (χ1) is 10.2. The molecule has 0 aliphatic rings. The van der Waals surface area contributed by atoms with Gasteiger partial charge in [0.2, 0.25) is 0 Å². The van der Waals surface area contributed by atoms with Crippen LogP contribution in [-0.4, -0.2) is 31.8 Å². The van der Waals surface area contributed by atoms with Crippen LogP contribution in [0.5, 0.6) is 0 Å². The monoisotopic (exact) mass is 289 g/mol. The van der Waals surface area contributed by atoms with E-state index in [9.17, 15) is 4.79 Å². The van der Waals surface area contributed by atoms with Crippen molar-refractivity contribution in [2.24, 2.45) is 0 Å². The van der Waals surface area contributed by atoms with Crippen molar-refractivity contribution in [3.05, 3.63) is 35.7 Å². The maximum absolute atomic E-state index is 12.0. The molecule has 2 rings (SSSR count). The Morgan fingerprint density at radius 2 is 2.19 bits per heavy atom. The van der Waals surface area contributed by atoms with Crippen molar-refractivity contribution in [3.63, 3.8) is 0 Å². The van der Waals surface area contributed by atoms with E-state index in [2.05, 4.69) is 33.8 Å². The lowest BCUT2D eigenvalue weighted by molar-refractivity contribution is 0.0948. The zero-order valence-corrected chi connectivity index (χ0v) is 13.0. The molecule has 1 N–H and O–H groups in total. The van der Waals surface area contributed by atoms with Crippen molar-refractivity contribution in [2.45, 2.75) is 46.7 Å². The number of imidazole rings is 1. The summed E-state index contributed by atoms with van der Waals surface area (Å²) in [6.07, 6.45) is 5.50. The number of aromatic nitrogens is 4. The quantitative estimate of drug-likeness (QED) is 0.845. The van der Waals surface area contributed by atoms with Crippen LogP contribution in [0.4, 0.5) is 0 Å². The smallest absolute Gasteiger partial charge is 0.271 e. The number of nitrogens with one attached hydrogen (secondary N) is 1. The number of aryl methyl sites for hydroxylation is 2. The highest BCUT2D eigenvalue weighted by molar-refractivity contribution is 5.92. The van der Waals surface area contributed by atoms with Gasteiger partial charge in [0, 0.05) is 44.1 Å². The maximum atomic E-state index is 12.0. The Hall–Kier alpha value is -2.11. The van der Waals surface area contributed by atoms with Crippen molar-refractivity contribution in [3.8, 4) is 0 Å². The molecule has 0 aromatic carbocycles. The summed E-state index contributed by atoms with van der Waals surface area (Å²) in [6, 6.07) is 1.74. The van der Waals surface area contributed by atoms with Gasteiger partial charge >= 0.3 is 0 Å². The minimum atomic E-state index is -0.132. The topological polar surface area (TPSA) is 64.7 Å². The predicted octanol–water partition coefficient (Wildman–Crippen LogP) is 1.79. The third-order valence-corrected chi connectivity index (χ3v) is 3.42. The lowest BCUT2D eigenvalue weighted by atomic mass is 10.3. The van der Waals surface area contributed by atoms with Gasteiger partial charge in [0.1, 0.15) is 11.5 Å². The Morgan fingerprint density at radius 1 is 1.38 bits per heavy atom. The largest absolute Gasteiger partial charge is 0.350 e. The molecule has 0 aliphatic heterocycles. The van der Waals surface area contributed by atoms with Crippen LogP contribution in [0.1, 0.15) is 42.3 Å². The molecule has 114 valence electrons. The van der Waals surface area contributed by atoms with E-state index in [1.807, 2.05) is 19.3 Å². The number of carbonyl (C=O) groups excluding carboxylic acids is 1. The van der Waals surface area contributed by atoms with Crippen LogP contribution in [0.15, 0.2) is 18.5 Å². The van der Waals surface area contributed by atoms with Gasteiger partial charge in [0.15, 0.2) is 0 Å². The average Bonchev–Trinajstić information content (AvgIpc) is 3.08. The molecule has 21 heavy (non-hydrogen) atoms. The molecule has 0 unspecified atom stereocenters. The summed E-state index contributed by atoms with van der Waals surface area (Å²) >= 11 is 0. The summed E-state index contributed by atoms with van der Waals surface area (Å²) in [4.78, 5) is 16.4. The summed E-state index contributed by atoms with van der Waals surface area (Å²) in [5, 5.41) is 7.08. The molecule has 0 aliphatic carbocycles. The number of hydrogen-bond donors (Lipinski definition) is 1. The molecule has 2 heterocycles. The number of nitrogens with zero attached hydrogens (tertiary/aromatic N) is 4. The molecule has 6 heteroatoms. The van der Waals surface area contributed by atoms with Gasteiger partial charge in [0.25, 0.3) is 5.91 Å². The summed E-state index contributed by atoms with van der Waals surface area (Å²) in [7, 11) is 0. The standard InChI is InChI=1S/C15H23N5O/c1-4-9-20-12(3)11-17-14(20)6-8-16-15(21)13-7-10-19(5-2)18-13/h7,10-11H,4-6,8-9H2,1-3H3,(H,16,21). The molecule has 1 amide bonds. The van der Waals surface area contributed by atoms with Gasteiger partial charge in [0.05, 0.1) is 0 Å². The second kappa shape index (κ2) is 7.06. The minimum absolute atomic E-state index is 0.132. The number of hydrogen-bond acceptors (Lipinski definition) is 3. The molecule has 0 atom stereocenters. The van der Waals surface area contributed by atoms with Gasteiger partial charge in [-0.05, 0) is 26.3 Å². The van der Waals surface area contributed by atoms with Gasteiger partial charge in [-0.2, -0.15) is 5.10 Å². The molecule has 2 aromatic rings. The van der Waals surface area contributed by atoms with Crippen LogP contribution in [-0.2, 0) is 19.5 Å². The van der Waals surface area contributed by atoms with E-state index >= 15 is 0 Å². The van der Waals surface area contributed by atoms with Crippen LogP contribution in [0.2, 0.25) is 0 Å². The zero-order valence-electron chi connectivity index (χ0n) is 13.0. The Morgan fingerprint density at radius 3 is 2.86 bits per heavy atom. The van der Waals surface area contributed by atoms with Gasteiger partial charge in [-0.1, -0.05) is 6.92 Å². The summed E-state index contributed by atoms with van der Waals surface area (Å²) < 4.78 is 3.95. The minimum Gasteiger partial charge on any atom is -0.350 e. The first kappa shape index (κ1) is 15.3. The van der Waals surface area contributed by atoms with E-state index in [0.29, 0.717) is 12.2 Å². The van der Waals surface area contributed by atoms with Crippen molar-refractivity contribution in [2.75, 3.05) is 6.54 Å². The lowest BCUT2D eigenvalue weighted by Gasteiger charge is -2.09. The first-order valence-corrected chi connectivity index (χ1v) is 7.48. The fourth-order valence-electron chi connectivity index (χ4n) is 2.28. The van der Waals surface area contributed by atoms with Crippen molar-refractivity contribution in [1.29, 1.82) is 0 Å². The van der Waals surface area contributed by atoms with Gasteiger partial charge in [-0.15, -0.1) is 0 Å². The fraction of sp³-hybridized carbons (Fsp3) is 0.533. The highest BCUT2D eigenvalue weighted by Crippen LogP contribution is 2.06. The van der Waals surface area contributed by atoms with E-state index in [-0.39, 0.29) is 5.91 Å². The first-order valence-electron chi connectivity index (χ1n) is 7.48. The number of amides is 1. The number of rotatable bonds is 7. The van der Waals surface area contributed by atoms with Crippen molar-refractivity contribution >= 4 is 5.91 Å². The normalized spacial score (nSPS) is 10.8. The third-order valence-electron chi connectivity index (χ3n) is 3.42. The third kappa shape index (κ3) is 3.71. The van der Waals surface area contributed by atoms with E-state index < -0.39 is 0 Å². The van der Waals surface area contributed by atoms with Crippen LogP contribution < -0.4 is 5.32 Å². The van der Waals surface area contributed by atoms with Gasteiger partial charge in [-0.3, -0.25) is 9.48 Å². The lowest BCUT2D eigenvalue weighted by Crippen LogP contribution is -2.27. The highest BCUT2D eigenvalue weighted by Gasteiger charge is 2.10. The van der Waals surface area contributed by atoms with Crippen LogP contribution in [0.3, 0.4) is 0 Å². The van der Waals surface area contributed by atoms with E-state index in [0.717, 1.165) is 31.8 Å². The van der Waals surface area contributed by atoms with Crippen LogP contribution >= 0.6 is 0 Å². The summed E-state index contributed by atoms with van der Waals surface area (Å²) in [5.41, 5.74) is 1.63. The summed E-state index contributed by atoms with van der Waals surface area (Å²) in [6.45, 7) is 8.50.